The van der Waals surface area contributed by atoms with E-state index in [0.717, 1.165) is 29.3 Å². The van der Waals surface area contributed by atoms with Crippen molar-refractivity contribution in [1.82, 2.24) is 9.88 Å². The van der Waals surface area contributed by atoms with E-state index in [1.807, 2.05) is 31.2 Å². The minimum Gasteiger partial charge on any atom is -0.368 e. The van der Waals surface area contributed by atoms with Crippen molar-refractivity contribution in [2.24, 2.45) is 5.92 Å². The van der Waals surface area contributed by atoms with Crippen molar-refractivity contribution >= 4 is 16.8 Å². The number of pyridine rings is 1. The average Bonchev–Trinajstić information content (AvgIpc) is 3.08. The molecule has 1 aromatic heterocycles. The zero-order chi connectivity index (χ0) is 18.0. The highest BCUT2D eigenvalue weighted by molar-refractivity contribution is 5.82. The van der Waals surface area contributed by atoms with Crippen LogP contribution in [0, 0.1) is 12.8 Å². The third-order valence-electron chi connectivity index (χ3n) is 4.54. The lowest BCUT2D eigenvalue weighted by atomic mass is 10.1. The van der Waals surface area contributed by atoms with Crippen molar-refractivity contribution < 1.29 is 9.53 Å². The van der Waals surface area contributed by atoms with Gasteiger partial charge in [0, 0.05) is 24.2 Å². The molecule has 0 radical (unpaired) electrons. The van der Waals surface area contributed by atoms with Crippen LogP contribution in [0.15, 0.2) is 29.1 Å². The van der Waals surface area contributed by atoms with E-state index in [-0.39, 0.29) is 17.6 Å². The molecule has 2 heterocycles. The Morgan fingerprint density at radius 2 is 2.16 bits per heavy atom. The van der Waals surface area contributed by atoms with Gasteiger partial charge in [0.05, 0.1) is 6.54 Å². The number of rotatable bonds is 5. The van der Waals surface area contributed by atoms with E-state index in [0.29, 0.717) is 31.2 Å². The third kappa shape index (κ3) is 4.10. The Hall–Kier alpha value is -2.14. The van der Waals surface area contributed by atoms with Crippen LogP contribution in [-0.2, 0) is 16.1 Å². The van der Waals surface area contributed by atoms with Crippen LogP contribution in [0.2, 0.25) is 0 Å². The number of aromatic amines is 1. The molecule has 1 aromatic carbocycles. The van der Waals surface area contributed by atoms with E-state index in [4.69, 9.17) is 4.74 Å². The first kappa shape index (κ1) is 17.7. The molecule has 134 valence electrons. The van der Waals surface area contributed by atoms with E-state index in [1.165, 1.54) is 0 Å². The van der Waals surface area contributed by atoms with Gasteiger partial charge in [0.25, 0.3) is 11.5 Å². The van der Waals surface area contributed by atoms with Crippen molar-refractivity contribution in [3.63, 3.8) is 0 Å². The fraction of sp³-hybridized carbons (Fsp3) is 0.500. The van der Waals surface area contributed by atoms with Crippen LogP contribution in [0.5, 0.6) is 0 Å². The number of fused-ring (bicyclic) bond motifs is 1. The van der Waals surface area contributed by atoms with E-state index < -0.39 is 0 Å². The van der Waals surface area contributed by atoms with Gasteiger partial charge in [0.2, 0.25) is 0 Å². The normalized spacial score (nSPS) is 17.4. The molecule has 0 saturated carbocycles. The summed E-state index contributed by atoms with van der Waals surface area (Å²) in [5.41, 5.74) is 2.41. The van der Waals surface area contributed by atoms with Gasteiger partial charge >= 0.3 is 0 Å². The van der Waals surface area contributed by atoms with Crippen LogP contribution < -0.4 is 5.56 Å². The highest BCUT2D eigenvalue weighted by Gasteiger charge is 2.29. The lowest BCUT2D eigenvalue weighted by Crippen LogP contribution is -2.41. The highest BCUT2D eigenvalue weighted by atomic mass is 16.5. The Bertz CT molecular complexity index is 819. The van der Waals surface area contributed by atoms with Crippen LogP contribution in [0.3, 0.4) is 0 Å². The Balaban J connectivity index is 1.89. The van der Waals surface area contributed by atoms with Gasteiger partial charge in [-0.2, -0.15) is 0 Å². The number of ether oxygens (including phenoxy) is 1. The first-order valence-electron chi connectivity index (χ1n) is 8.97. The van der Waals surface area contributed by atoms with Gasteiger partial charge in [0.15, 0.2) is 0 Å². The second kappa shape index (κ2) is 7.40. The van der Waals surface area contributed by atoms with Crippen LogP contribution in [-0.4, -0.2) is 35.0 Å². The number of carbonyl (C=O) groups is 1. The molecule has 5 nitrogen and oxygen atoms in total. The first-order chi connectivity index (χ1) is 11.9. The number of amides is 1. The largest absolute Gasteiger partial charge is 0.368 e. The summed E-state index contributed by atoms with van der Waals surface area (Å²) in [5.74, 6) is 0.321. The second-order valence-electron chi connectivity index (χ2n) is 7.33. The third-order valence-corrected chi connectivity index (χ3v) is 4.54. The van der Waals surface area contributed by atoms with Crippen molar-refractivity contribution in [3.8, 4) is 0 Å². The molecule has 1 saturated heterocycles. The number of nitrogens with zero attached hydrogens (tertiary/aromatic N) is 1. The van der Waals surface area contributed by atoms with Gasteiger partial charge in [-0.15, -0.1) is 0 Å². The molecule has 0 unspecified atom stereocenters. The van der Waals surface area contributed by atoms with Gasteiger partial charge < -0.3 is 14.6 Å². The molecule has 1 aliphatic heterocycles. The molecular weight excluding hydrogens is 316 g/mol. The summed E-state index contributed by atoms with van der Waals surface area (Å²) in [4.78, 5) is 30.0. The number of H-pyrrole nitrogens is 1. The standard InChI is InChI=1S/C20H26N2O3/c1-13(2)11-22(20(24)18-5-4-8-25-18)12-16-10-15-7-6-14(3)9-17(15)21-19(16)23/h6-7,9-10,13,18H,4-5,8,11-12H2,1-3H3,(H,21,23)/t18-/m0/s1. The molecule has 0 bridgehead atoms. The quantitative estimate of drug-likeness (QED) is 0.908. The van der Waals surface area contributed by atoms with Gasteiger partial charge in [-0.1, -0.05) is 26.0 Å². The monoisotopic (exact) mass is 342 g/mol. The Morgan fingerprint density at radius 1 is 1.36 bits per heavy atom. The second-order valence-corrected chi connectivity index (χ2v) is 7.33. The smallest absolute Gasteiger partial charge is 0.253 e. The number of hydrogen-bond acceptors (Lipinski definition) is 3. The molecule has 3 rings (SSSR count). The molecule has 1 fully saturated rings. The number of hydrogen-bond donors (Lipinski definition) is 1. The molecule has 2 aromatic rings. The molecule has 5 heteroatoms. The molecule has 1 N–H and O–H groups in total. The Morgan fingerprint density at radius 3 is 2.84 bits per heavy atom. The van der Waals surface area contributed by atoms with Crippen LogP contribution in [0.25, 0.3) is 10.9 Å². The number of aromatic nitrogens is 1. The minimum absolute atomic E-state index is 0.00500. The number of carbonyl (C=O) groups excluding carboxylic acids is 1. The van der Waals surface area contributed by atoms with Crippen LogP contribution in [0.4, 0.5) is 0 Å². The maximum absolute atomic E-state index is 12.8. The molecular formula is C20H26N2O3. The lowest BCUT2D eigenvalue weighted by Gasteiger charge is -2.27. The predicted molar refractivity (Wildman–Crippen MR) is 98.5 cm³/mol. The minimum atomic E-state index is -0.360. The highest BCUT2D eigenvalue weighted by Crippen LogP contribution is 2.18. The summed E-state index contributed by atoms with van der Waals surface area (Å²) in [5, 5.41) is 0.981. The zero-order valence-corrected chi connectivity index (χ0v) is 15.2. The number of benzene rings is 1. The number of nitrogens with one attached hydrogen (secondary N) is 1. The summed E-state index contributed by atoms with van der Waals surface area (Å²) >= 11 is 0. The molecule has 1 aliphatic rings. The van der Waals surface area contributed by atoms with Gasteiger partial charge in [0.1, 0.15) is 6.10 Å². The van der Waals surface area contributed by atoms with E-state index in [2.05, 4.69) is 18.8 Å². The van der Waals surface area contributed by atoms with Gasteiger partial charge in [-0.3, -0.25) is 9.59 Å². The summed E-state index contributed by atoms with van der Waals surface area (Å²) in [6, 6.07) is 7.88. The van der Waals surface area contributed by atoms with Crippen molar-refractivity contribution in [3.05, 3.63) is 45.7 Å². The zero-order valence-electron chi connectivity index (χ0n) is 15.2. The molecule has 25 heavy (non-hydrogen) atoms. The summed E-state index contributed by atoms with van der Waals surface area (Å²) in [6.07, 6.45) is 1.32. The fourth-order valence-corrected chi connectivity index (χ4v) is 3.33. The Labute approximate surface area is 148 Å². The van der Waals surface area contributed by atoms with Crippen LogP contribution >= 0.6 is 0 Å². The predicted octanol–water partition coefficient (Wildman–Crippen LogP) is 3.00. The van der Waals surface area contributed by atoms with Crippen LogP contribution in [0.1, 0.15) is 37.8 Å². The first-order valence-corrected chi connectivity index (χ1v) is 8.97. The molecule has 0 spiro atoms. The molecule has 1 amide bonds. The van der Waals surface area contributed by atoms with Gasteiger partial charge in [-0.05, 0) is 48.8 Å². The molecule has 1 atom stereocenters. The van der Waals surface area contributed by atoms with Gasteiger partial charge in [-0.25, -0.2) is 0 Å². The maximum atomic E-state index is 12.8. The topological polar surface area (TPSA) is 62.4 Å². The summed E-state index contributed by atoms with van der Waals surface area (Å²) in [7, 11) is 0. The van der Waals surface area contributed by atoms with Crippen molar-refractivity contribution in [2.75, 3.05) is 13.2 Å². The molecule has 0 aliphatic carbocycles. The van der Waals surface area contributed by atoms with Crippen molar-refractivity contribution in [2.45, 2.75) is 46.3 Å². The van der Waals surface area contributed by atoms with E-state index in [1.54, 1.807) is 4.90 Å². The maximum Gasteiger partial charge on any atom is 0.253 e. The summed E-state index contributed by atoms with van der Waals surface area (Å²) in [6.45, 7) is 7.71. The number of aryl methyl sites for hydroxylation is 1. The lowest BCUT2D eigenvalue weighted by molar-refractivity contribution is -0.142. The average molecular weight is 342 g/mol. The van der Waals surface area contributed by atoms with E-state index >= 15 is 0 Å². The summed E-state index contributed by atoms with van der Waals surface area (Å²) < 4.78 is 5.55. The fourth-order valence-electron chi connectivity index (χ4n) is 3.33. The Kier molecular flexibility index (Phi) is 5.23. The van der Waals surface area contributed by atoms with E-state index in [9.17, 15) is 9.59 Å². The SMILES string of the molecule is Cc1ccc2cc(CN(CC(C)C)C(=O)[C@@H]3CCCO3)c(=O)[nH]c2c1. The van der Waals surface area contributed by atoms with Crippen molar-refractivity contribution in [1.29, 1.82) is 0 Å².